The molecule has 1 saturated heterocycles. The van der Waals surface area contributed by atoms with Crippen molar-refractivity contribution in [3.8, 4) is 5.88 Å². The molecule has 1 aromatic carbocycles. The van der Waals surface area contributed by atoms with E-state index in [1.165, 1.54) is 11.1 Å². The number of ether oxygens (including phenoxy) is 2. The molecule has 2 aromatic rings. The zero-order valence-corrected chi connectivity index (χ0v) is 14.8. The third kappa shape index (κ3) is 3.35. The molecule has 1 unspecified atom stereocenters. The minimum absolute atomic E-state index is 0.0344. The number of nitrogens with zero attached hydrogens (tertiary/aromatic N) is 4. The number of carbonyl (C=O) groups excluding carboxylic acids is 1. The number of rotatable bonds is 3. The summed E-state index contributed by atoms with van der Waals surface area (Å²) in [7, 11) is 1.58. The molecule has 7 nitrogen and oxygen atoms in total. The first kappa shape index (κ1) is 16.8. The average Bonchev–Trinajstić information content (AvgIpc) is 2.73. The van der Waals surface area contributed by atoms with Gasteiger partial charge < -0.3 is 19.3 Å². The van der Waals surface area contributed by atoms with Crippen LogP contribution in [0.15, 0.2) is 36.5 Å². The van der Waals surface area contributed by atoms with Gasteiger partial charge in [-0.15, -0.1) is 0 Å². The molecule has 1 aromatic heterocycles. The first-order valence-corrected chi connectivity index (χ1v) is 8.84. The molecule has 3 heterocycles. The summed E-state index contributed by atoms with van der Waals surface area (Å²) in [6, 6.07) is 10.00. The van der Waals surface area contributed by atoms with Gasteiger partial charge in [-0.2, -0.15) is 4.98 Å². The summed E-state index contributed by atoms with van der Waals surface area (Å²) in [4.78, 5) is 25.5. The van der Waals surface area contributed by atoms with Gasteiger partial charge in [0.15, 0.2) is 6.10 Å². The molecule has 0 radical (unpaired) electrons. The van der Waals surface area contributed by atoms with Gasteiger partial charge in [0, 0.05) is 31.9 Å². The maximum atomic E-state index is 13.0. The SMILES string of the molecule is COc1ccnc(N2CCOC(C(=O)N3CCc4ccccc4C3)C2)n1. The quantitative estimate of drug-likeness (QED) is 0.827. The van der Waals surface area contributed by atoms with Gasteiger partial charge in [0.05, 0.1) is 20.3 Å². The van der Waals surface area contributed by atoms with E-state index in [1.54, 1.807) is 19.4 Å². The lowest BCUT2D eigenvalue weighted by atomic mass is 9.99. The Balaban J connectivity index is 1.45. The molecule has 1 fully saturated rings. The fourth-order valence-corrected chi connectivity index (χ4v) is 3.47. The third-order valence-corrected chi connectivity index (χ3v) is 4.89. The van der Waals surface area contributed by atoms with E-state index < -0.39 is 6.10 Å². The van der Waals surface area contributed by atoms with Crippen molar-refractivity contribution in [2.24, 2.45) is 0 Å². The van der Waals surface area contributed by atoms with Crippen molar-refractivity contribution in [2.75, 3.05) is 38.3 Å². The Morgan fingerprint density at radius 1 is 1.23 bits per heavy atom. The van der Waals surface area contributed by atoms with Crippen molar-refractivity contribution < 1.29 is 14.3 Å². The third-order valence-electron chi connectivity index (χ3n) is 4.89. The predicted octanol–water partition coefficient (Wildman–Crippen LogP) is 1.28. The number of amides is 1. The van der Waals surface area contributed by atoms with E-state index in [9.17, 15) is 4.79 Å². The van der Waals surface area contributed by atoms with Gasteiger partial charge >= 0.3 is 0 Å². The van der Waals surface area contributed by atoms with E-state index in [0.717, 1.165) is 13.0 Å². The molecule has 136 valence electrons. The molecular formula is C19H22N4O3. The average molecular weight is 354 g/mol. The highest BCUT2D eigenvalue weighted by Gasteiger charge is 2.32. The van der Waals surface area contributed by atoms with Crippen LogP contribution in [0.1, 0.15) is 11.1 Å². The van der Waals surface area contributed by atoms with Crippen LogP contribution in [0.25, 0.3) is 0 Å². The zero-order chi connectivity index (χ0) is 17.9. The molecule has 1 amide bonds. The fraction of sp³-hybridized carbons (Fsp3) is 0.421. The summed E-state index contributed by atoms with van der Waals surface area (Å²) in [5.74, 6) is 1.11. The lowest BCUT2D eigenvalue weighted by molar-refractivity contribution is -0.145. The van der Waals surface area contributed by atoms with Crippen LogP contribution >= 0.6 is 0 Å². The van der Waals surface area contributed by atoms with Crippen molar-refractivity contribution >= 4 is 11.9 Å². The molecule has 7 heteroatoms. The normalized spacial score (nSPS) is 19.8. The highest BCUT2D eigenvalue weighted by Crippen LogP contribution is 2.21. The van der Waals surface area contributed by atoms with Crippen LogP contribution in [0.4, 0.5) is 5.95 Å². The van der Waals surface area contributed by atoms with E-state index in [0.29, 0.717) is 38.1 Å². The number of fused-ring (bicyclic) bond motifs is 1. The van der Waals surface area contributed by atoms with Gasteiger partial charge in [0.2, 0.25) is 11.8 Å². The second kappa shape index (κ2) is 7.29. The number of hydrogen-bond acceptors (Lipinski definition) is 6. The van der Waals surface area contributed by atoms with E-state index in [-0.39, 0.29) is 5.91 Å². The summed E-state index contributed by atoms with van der Waals surface area (Å²) < 4.78 is 10.9. The number of carbonyl (C=O) groups is 1. The lowest BCUT2D eigenvalue weighted by Gasteiger charge is -2.36. The van der Waals surface area contributed by atoms with Crippen molar-refractivity contribution in [1.29, 1.82) is 0 Å². The first-order chi connectivity index (χ1) is 12.7. The maximum Gasteiger partial charge on any atom is 0.253 e. The molecule has 0 aliphatic carbocycles. The van der Waals surface area contributed by atoms with Crippen molar-refractivity contribution in [1.82, 2.24) is 14.9 Å². The van der Waals surface area contributed by atoms with Gasteiger partial charge in [-0.05, 0) is 17.5 Å². The number of aromatic nitrogens is 2. The predicted molar refractivity (Wildman–Crippen MR) is 96.1 cm³/mol. The Morgan fingerprint density at radius 3 is 2.92 bits per heavy atom. The second-order valence-corrected chi connectivity index (χ2v) is 6.48. The van der Waals surface area contributed by atoms with Gasteiger partial charge in [-0.25, -0.2) is 4.98 Å². The van der Waals surface area contributed by atoms with Gasteiger partial charge in [0.1, 0.15) is 0 Å². The summed E-state index contributed by atoms with van der Waals surface area (Å²) in [6.45, 7) is 2.95. The minimum atomic E-state index is -0.496. The highest BCUT2D eigenvalue weighted by molar-refractivity contribution is 5.82. The number of anilines is 1. The van der Waals surface area contributed by atoms with Gasteiger partial charge in [0.25, 0.3) is 5.91 Å². The van der Waals surface area contributed by atoms with E-state index in [2.05, 4.69) is 22.1 Å². The van der Waals surface area contributed by atoms with Crippen LogP contribution < -0.4 is 9.64 Å². The molecular weight excluding hydrogens is 332 g/mol. The van der Waals surface area contributed by atoms with Gasteiger partial charge in [-0.1, -0.05) is 24.3 Å². The first-order valence-electron chi connectivity index (χ1n) is 8.84. The summed E-state index contributed by atoms with van der Waals surface area (Å²) in [6.07, 6.45) is 2.05. The molecule has 2 aliphatic heterocycles. The Bertz CT molecular complexity index is 798. The number of hydrogen-bond donors (Lipinski definition) is 0. The molecule has 0 spiro atoms. The standard InChI is InChI=1S/C19H22N4O3/c1-25-17-6-8-20-19(21-17)23-10-11-26-16(13-23)18(24)22-9-7-14-4-2-3-5-15(14)12-22/h2-6,8,16H,7,9-13H2,1H3. The Labute approximate surface area is 152 Å². The van der Waals surface area contributed by atoms with Crippen molar-refractivity contribution in [3.63, 3.8) is 0 Å². The van der Waals surface area contributed by atoms with E-state index in [4.69, 9.17) is 9.47 Å². The molecule has 0 bridgehead atoms. The number of methoxy groups -OCH3 is 1. The summed E-state index contributed by atoms with van der Waals surface area (Å²) in [5.41, 5.74) is 2.54. The Hall–Kier alpha value is -2.67. The van der Waals surface area contributed by atoms with Crippen LogP contribution in [-0.4, -0.2) is 60.2 Å². The van der Waals surface area contributed by atoms with E-state index >= 15 is 0 Å². The lowest BCUT2D eigenvalue weighted by Crippen LogP contribution is -2.52. The topological polar surface area (TPSA) is 67.8 Å². The van der Waals surface area contributed by atoms with Crippen molar-refractivity contribution in [2.45, 2.75) is 19.1 Å². The van der Waals surface area contributed by atoms with Crippen molar-refractivity contribution in [3.05, 3.63) is 47.7 Å². The van der Waals surface area contributed by atoms with Gasteiger partial charge in [-0.3, -0.25) is 4.79 Å². The molecule has 2 aliphatic rings. The molecule has 26 heavy (non-hydrogen) atoms. The highest BCUT2D eigenvalue weighted by atomic mass is 16.5. The molecule has 4 rings (SSSR count). The van der Waals surface area contributed by atoms with E-state index in [1.807, 2.05) is 21.9 Å². The molecule has 1 atom stereocenters. The minimum Gasteiger partial charge on any atom is -0.481 e. The van der Waals surface area contributed by atoms with Crippen LogP contribution in [0.5, 0.6) is 5.88 Å². The van der Waals surface area contributed by atoms with Crippen LogP contribution in [0.3, 0.4) is 0 Å². The largest absolute Gasteiger partial charge is 0.481 e. The smallest absolute Gasteiger partial charge is 0.253 e. The Morgan fingerprint density at radius 2 is 2.08 bits per heavy atom. The second-order valence-electron chi connectivity index (χ2n) is 6.48. The van der Waals surface area contributed by atoms with Crippen LogP contribution in [0.2, 0.25) is 0 Å². The fourth-order valence-electron chi connectivity index (χ4n) is 3.47. The summed E-state index contributed by atoms with van der Waals surface area (Å²) in [5, 5.41) is 0. The zero-order valence-electron chi connectivity index (χ0n) is 14.8. The van der Waals surface area contributed by atoms with Crippen LogP contribution in [0, 0.1) is 0 Å². The number of morpholine rings is 1. The molecule has 0 saturated carbocycles. The number of benzene rings is 1. The van der Waals surface area contributed by atoms with Crippen LogP contribution in [-0.2, 0) is 22.5 Å². The Kier molecular flexibility index (Phi) is 4.71. The molecule has 0 N–H and O–H groups in total. The summed E-state index contributed by atoms with van der Waals surface area (Å²) >= 11 is 0. The monoisotopic (exact) mass is 354 g/mol. The maximum absolute atomic E-state index is 13.0.